The second-order valence-electron chi connectivity index (χ2n) is 9.35. The van der Waals surface area contributed by atoms with E-state index in [4.69, 9.17) is 0 Å². The number of hydrogen-bond acceptors (Lipinski definition) is 3. The van der Waals surface area contributed by atoms with Crippen molar-refractivity contribution in [1.29, 1.82) is 0 Å². The summed E-state index contributed by atoms with van der Waals surface area (Å²) in [6.45, 7) is 1.72. The number of nitrogens with zero attached hydrogens (tertiary/aromatic N) is 2. The van der Waals surface area contributed by atoms with Crippen LogP contribution in [0.4, 0.5) is 13.6 Å². The molecule has 0 bridgehead atoms. The van der Waals surface area contributed by atoms with E-state index in [-0.39, 0.29) is 18.3 Å². The fourth-order valence-corrected chi connectivity index (χ4v) is 5.99. The van der Waals surface area contributed by atoms with E-state index in [1.807, 2.05) is 30.3 Å². The van der Waals surface area contributed by atoms with E-state index in [0.717, 1.165) is 24.8 Å². The second-order valence-corrected chi connectivity index (χ2v) is 11.0. The van der Waals surface area contributed by atoms with Gasteiger partial charge in [-0.1, -0.05) is 48.5 Å². The minimum absolute atomic E-state index is 0.146. The van der Waals surface area contributed by atoms with Crippen LogP contribution in [-0.2, 0) is 16.4 Å². The van der Waals surface area contributed by atoms with Crippen molar-refractivity contribution < 1.29 is 22.0 Å². The normalized spacial score (nSPS) is 23.6. The van der Waals surface area contributed by atoms with E-state index in [2.05, 4.69) is 4.72 Å². The van der Waals surface area contributed by atoms with Crippen LogP contribution < -0.4 is 4.72 Å². The summed E-state index contributed by atoms with van der Waals surface area (Å²) in [6.07, 6.45) is 2.58. The van der Waals surface area contributed by atoms with E-state index in [0.29, 0.717) is 30.8 Å². The third kappa shape index (κ3) is 4.12. The molecule has 0 radical (unpaired) electrons. The van der Waals surface area contributed by atoms with Gasteiger partial charge >= 0.3 is 6.03 Å². The third-order valence-electron chi connectivity index (χ3n) is 7.24. The first kappa shape index (κ1) is 22.3. The summed E-state index contributed by atoms with van der Waals surface area (Å²) in [5, 5.41) is 0. The molecular formula is C24H27F2N3O3S. The lowest BCUT2D eigenvalue weighted by molar-refractivity contribution is 0.120. The predicted octanol–water partition coefficient (Wildman–Crippen LogP) is 3.54. The van der Waals surface area contributed by atoms with Gasteiger partial charge in [-0.3, -0.25) is 0 Å². The van der Waals surface area contributed by atoms with Crippen molar-refractivity contribution in [2.45, 2.75) is 37.8 Å². The fraction of sp³-hybridized carbons (Fsp3) is 0.458. The molecule has 1 N–H and O–H groups in total. The lowest BCUT2D eigenvalue weighted by Gasteiger charge is -2.37. The molecule has 2 aliphatic heterocycles. The molecule has 176 valence electrons. The maximum Gasteiger partial charge on any atom is 0.320 e. The monoisotopic (exact) mass is 475 g/mol. The van der Waals surface area contributed by atoms with Gasteiger partial charge in [0.25, 0.3) is 0 Å². The van der Waals surface area contributed by atoms with Gasteiger partial charge < -0.3 is 9.80 Å². The zero-order valence-corrected chi connectivity index (χ0v) is 19.0. The SMILES string of the molecule is O=C(N1CCC1)N1CC2(CC2)[C@H](NS(=O)(=O)CF)[C@@H]1Cc1cccc(-c2ccccc2)c1F. The molecule has 33 heavy (non-hydrogen) atoms. The maximum absolute atomic E-state index is 15.6. The number of rotatable bonds is 6. The smallest absolute Gasteiger partial charge is 0.320 e. The van der Waals surface area contributed by atoms with Crippen LogP contribution in [0.5, 0.6) is 0 Å². The Balaban J connectivity index is 1.50. The van der Waals surface area contributed by atoms with Crippen molar-refractivity contribution in [3.63, 3.8) is 0 Å². The average Bonchev–Trinajstić information content (AvgIpc) is 3.49. The zero-order valence-electron chi connectivity index (χ0n) is 18.2. The molecule has 2 aromatic rings. The standard InChI is InChI=1S/C24H27F2N3O3S/c25-16-33(31,32)27-22-20(29(15-24(22)10-11-24)23(30)28-12-5-13-28)14-18-8-4-9-19(21(18)26)17-6-2-1-3-7-17/h1-4,6-9,20,22,27H,5,10-16H2/t20-,22+/m0/s1. The number of carbonyl (C=O) groups excluding carboxylic acids is 1. The van der Waals surface area contributed by atoms with Gasteiger partial charge in [-0.25, -0.2) is 26.7 Å². The highest BCUT2D eigenvalue weighted by molar-refractivity contribution is 7.89. The summed E-state index contributed by atoms with van der Waals surface area (Å²) in [5.41, 5.74) is 1.18. The number of halogens is 2. The lowest BCUT2D eigenvalue weighted by atomic mass is 9.91. The Bertz CT molecular complexity index is 1150. The highest BCUT2D eigenvalue weighted by atomic mass is 32.2. The molecule has 3 fully saturated rings. The molecule has 0 unspecified atom stereocenters. The molecule has 2 saturated heterocycles. The highest BCUT2D eigenvalue weighted by Gasteiger charge is 2.61. The summed E-state index contributed by atoms with van der Waals surface area (Å²) < 4.78 is 55.7. The summed E-state index contributed by atoms with van der Waals surface area (Å²) in [4.78, 5) is 16.6. The first-order valence-corrected chi connectivity index (χ1v) is 12.9. The zero-order chi connectivity index (χ0) is 23.2. The van der Waals surface area contributed by atoms with Gasteiger partial charge in [-0.2, -0.15) is 0 Å². The second kappa shape index (κ2) is 8.36. The number of urea groups is 1. The molecule has 9 heteroatoms. The number of benzene rings is 2. The molecule has 1 saturated carbocycles. The van der Waals surface area contributed by atoms with Crippen LogP contribution in [0.15, 0.2) is 48.5 Å². The minimum atomic E-state index is -4.14. The summed E-state index contributed by atoms with van der Waals surface area (Å²) in [7, 11) is -4.14. The quantitative estimate of drug-likeness (QED) is 0.695. The van der Waals surface area contributed by atoms with Crippen LogP contribution in [-0.4, -0.2) is 62.0 Å². The van der Waals surface area contributed by atoms with E-state index < -0.39 is 33.5 Å². The van der Waals surface area contributed by atoms with Crippen molar-refractivity contribution in [2.24, 2.45) is 5.41 Å². The Kier molecular flexibility index (Phi) is 5.64. The molecule has 2 atom stereocenters. The Morgan fingerprint density at radius 3 is 2.42 bits per heavy atom. The topological polar surface area (TPSA) is 69.7 Å². The molecule has 6 nitrogen and oxygen atoms in total. The van der Waals surface area contributed by atoms with Crippen LogP contribution in [0.25, 0.3) is 11.1 Å². The minimum Gasteiger partial charge on any atom is -0.325 e. The maximum atomic E-state index is 15.6. The van der Waals surface area contributed by atoms with Crippen LogP contribution in [0.1, 0.15) is 24.8 Å². The molecule has 2 amide bonds. The summed E-state index contributed by atoms with van der Waals surface area (Å²) in [5.74, 6) is -0.385. The summed E-state index contributed by atoms with van der Waals surface area (Å²) in [6, 6.07) is 11.4. The van der Waals surface area contributed by atoms with Gasteiger partial charge in [0.2, 0.25) is 16.0 Å². The number of likely N-dealkylation sites (tertiary alicyclic amines) is 2. The van der Waals surface area contributed by atoms with Gasteiger partial charge in [0.1, 0.15) is 5.82 Å². The van der Waals surface area contributed by atoms with Crippen LogP contribution in [0, 0.1) is 11.2 Å². The Morgan fingerprint density at radius 1 is 1.09 bits per heavy atom. The van der Waals surface area contributed by atoms with Gasteiger partial charge in [0.05, 0.1) is 6.04 Å². The van der Waals surface area contributed by atoms with Gasteiger partial charge in [-0.05, 0) is 36.8 Å². The number of nitrogens with one attached hydrogen (secondary N) is 1. The van der Waals surface area contributed by atoms with E-state index in [1.165, 1.54) is 0 Å². The molecule has 1 spiro atoms. The van der Waals surface area contributed by atoms with Gasteiger partial charge in [-0.15, -0.1) is 0 Å². The molecule has 3 aliphatic rings. The van der Waals surface area contributed by atoms with Crippen molar-refractivity contribution in [2.75, 3.05) is 25.6 Å². The van der Waals surface area contributed by atoms with Crippen LogP contribution in [0.2, 0.25) is 0 Å². The van der Waals surface area contributed by atoms with Crippen molar-refractivity contribution in [3.05, 3.63) is 59.9 Å². The Hall–Kier alpha value is -2.52. The number of amides is 2. The van der Waals surface area contributed by atoms with Gasteiger partial charge in [0.15, 0.2) is 0 Å². The van der Waals surface area contributed by atoms with E-state index >= 15 is 4.39 Å². The van der Waals surface area contributed by atoms with Crippen molar-refractivity contribution in [1.82, 2.24) is 14.5 Å². The molecule has 2 heterocycles. The summed E-state index contributed by atoms with van der Waals surface area (Å²) >= 11 is 0. The molecule has 5 rings (SSSR count). The van der Waals surface area contributed by atoms with Crippen molar-refractivity contribution >= 4 is 16.1 Å². The number of sulfonamides is 1. The molecule has 0 aromatic heterocycles. The molecule has 1 aliphatic carbocycles. The van der Waals surface area contributed by atoms with Crippen LogP contribution in [0.3, 0.4) is 0 Å². The highest BCUT2D eigenvalue weighted by Crippen LogP contribution is 2.56. The van der Waals surface area contributed by atoms with Crippen LogP contribution >= 0.6 is 0 Å². The van der Waals surface area contributed by atoms with E-state index in [9.17, 15) is 17.6 Å². The van der Waals surface area contributed by atoms with Crippen molar-refractivity contribution in [3.8, 4) is 11.1 Å². The number of carbonyl (C=O) groups is 1. The first-order valence-electron chi connectivity index (χ1n) is 11.3. The fourth-order valence-electron chi connectivity index (χ4n) is 5.13. The number of alkyl halides is 1. The first-order chi connectivity index (χ1) is 15.8. The number of hydrogen-bond donors (Lipinski definition) is 1. The molecular weight excluding hydrogens is 448 g/mol. The Morgan fingerprint density at radius 2 is 1.82 bits per heavy atom. The average molecular weight is 476 g/mol. The predicted molar refractivity (Wildman–Crippen MR) is 121 cm³/mol. The third-order valence-corrected chi connectivity index (χ3v) is 8.14. The Labute approximate surface area is 192 Å². The van der Waals surface area contributed by atoms with E-state index in [1.54, 1.807) is 28.0 Å². The lowest BCUT2D eigenvalue weighted by Crippen LogP contribution is -2.55. The largest absolute Gasteiger partial charge is 0.325 e. The van der Waals surface area contributed by atoms with Gasteiger partial charge in [0, 0.05) is 36.7 Å². The molecule has 2 aromatic carbocycles.